The number of rotatable bonds is 3. The highest BCUT2D eigenvalue weighted by atomic mass is 19.1. The van der Waals surface area contributed by atoms with Crippen LogP contribution < -0.4 is 10.2 Å². The van der Waals surface area contributed by atoms with Crippen molar-refractivity contribution in [2.75, 3.05) is 36.5 Å². The summed E-state index contributed by atoms with van der Waals surface area (Å²) in [6.45, 7) is 2.40. The number of aromatic nitrogens is 2. The number of amides is 1. The summed E-state index contributed by atoms with van der Waals surface area (Å²) in [5, 5.41) is 2.70. The summed E-state index contributed by atoms with van der Waals surface area (Å²) in [5.74, 6) is -0.322. The van der Waals surface area contributed by atoms with Crippen molar-refractivity contribution < 1.29 is 13.9 Å². The molecule has 3 aromatic rings. The third-order valence-electron chi connectivity index (χ3n) is 4.16. The van der Waals surface area contributed by atoms with Crippen LogP contribution in [-0.4, -0.2) is 42.2 Å². The molecule has 0 saturated carbocycles. The van der Waals surface area contributed by atoms with Gasteiger partial charge < -0.3 is 15.0 Å². The Morgan fingerprint density at radius 1 is 1.04 bits per heavy atom. The second-order valence-corrected chi connectivity index (χ2v) is 5.95. The van der Waals surface area contributed by atoms with Crippen LogP contribution in [0.15, 0.2) is 48.5 Å². The lowest BCUT2D eigenvalue weighted by atomic mass is 10.2. The summed E-state index contributed by atoms with van der Waals surface area (Å²) in [4.78, 5) is 24.0. The van der Waals surface area contributed by atoms with Gasteiger partial charge in [-0.3, -0.25) is 4.79 Å². The summed E-state index contributed by atoms with van der Waals surface area (Å²) < 4.78 is 18.8. The number of hydrogen-bond donors (Lipinski definition) is 1. The van der Waals surface area contributed by atoms with E-state index in [1.807, 2.05) is 29.2 Å². The van der Waals surface area contributed by atoms with Crippen LogP contribution in [0.5, 0.6) is 0 Å². The van der Waals surface area contributed by atoms with Gasteiger partial charge in [-0.15, -0.1) is 0 Å². The number of morpholine rings is 1. The number of nitrogens with zero attached hydrogens (tertiary/aromatic N) is 3. The number of hydrogen-bond acceptors (Lipinski definition) is 5. The maximum atomic E-state index is 13.4. The van der Waals surface area contributed by atoms with Crippen molar-refractivity contribution in [2.45, 2.75) is 0 Å². The van der Waals surface area contributed by atoms with E-state index in [2.05, 4.69) is 15.3 Å². The lowest BCUT2D eigenvalue weighted by Gasteiger charge is -2.29. The maximum Gasteiger partial charge on any atom is 0.278 e. The molecule has 2 aromatic carbocycles. The minimum absolute atomic E-state index is 0.217. The molecule has 1 saturated heterocycles. The third-order valence-corrected chi connectivity index (χ3v) is 4.16. The van der Waals surface area contributed by atoms with E-state index in [4.69, 9.17) is 4.74 Å². The summed E-state index contributed by atoms with van der Waals surface area (Å²) >= 11 is 0. The van der Waals surface area contributed by atoms with Gasteiger partial charge in [-0.2, -0.15) is 0 Å². The first-order valence-electron chi connectivity index (χ1n) is 8.37. The monoisotopic (exact) mass is 352 g/mol. The van der Waals surface area contributed by atoms with Crippen LogP contribution in [0.25, 0.3) is 11.0 Å². The quantitative estimate of drug-likeness (QED) is 0.785. The number of fused-ring (bicyclic) bond motifs is 1. The van der Waals surface area contributed by atoms with Crippen LogP contribution in [0.1, 0.15) is 10.5 Å². The van der Waals surface area contributed by atoms with Gasteiger partial charge in [0, 0.05) is 18.8 Å². The Morgan fingerprint density at radius 2 is 1.77 bits per heavy atom. The fourth-order valence-electron chi connectivity index (χ4n) is 2.90. The van der Waals surface area contributed by atoms with Gasteiger partial charge in [0.05, 0.1) is 24.2 Å². The molecule has 1 aliphatic rings. The van der Waals surface area contributed by atoms with Gasteiger partial charge in [0.15, 0.2) is 11.5 Å². The molecule has 1 aromatic heterocycles. The molecule has 1 fully saturated rings. The van der Waals surface area contributed by atoms with E-state index in [0.29, 0.717) is 43.3 Å². The molecular weight excluding hydrogens is 335 g/mol. The topological polar surface area (TPSA) is 67.4 Å². The summed E-state index contributed by atoms with van der Waals surface area (Å²) in [5.41, 5.74) is 1.94. The molecule has 0 radical (unpaired) electrons. The lowest BCUT2D eigenvalue weighted by molar-refractivity contribution is 0.102. The Labute approximate surface area is 149 Å². The molecule has 26 heavy (non-hydrogen) atoms. The van der Waals surface area contributed by atoms with Crippen molar-refractivity contribution in [1.29, 1.82) is 0 Å². The second-order valence-electron chi connectivity index (χ2n) is 5.95. The summed E-state index contributed by atoms with van der Waals surface area (Å²) in [7, 11) is 0. The molecular formula is C19H17FN4O2. The number of carbonyl (C=O) groups excluding carboxylic acids is 1. The zero-order valence-electron chi connectivity index (χ0n) is 14.0. The predicted octanol–water partition coefficient (Wildman–Crippen LogP) is 2.86. The van der Waals surface area contributed by atoms with Crippen LogP contribution in [0.4, 0.5) is 15.9 Å². The zero-order chi connectivity index (χ0) is 17.9. The van der Waals surface area contributed by atoms with E-state index in [1.165, 1.54) is 12.1 Å². The smallest absolute Gasteiger partial charge is 0.278 e. The van der Waals surface area contributed by atoms with Crippen molar-refractivity contribution in [1.82, 2.24) is 9.97 Å². The Bertz CT molecular complexity index is 957. The molecule has 0 atom stereocenters. The highest BCUT2D eigenvalue weighted by Gasteiger charge is 2.23. The Balaban J connectivity index is 1.74. The number of halogens is 1. The molecule has 4 rings (SSSR count). The third kappa shape index (κ3) is 3.34. The molecule has 0 bridgehead atoms. The van der Waals surface area contributed by atoms with E-state index in [-0.39, 0.29) is 5.69 Å². The summed E-state index contributed by atoms with van der Waals surface area (Å²) in [6.07, 6.45) is 0. The fourth-order valence-corrected chi connectivity index (χ4v) is 2.90. The summed E-state index contributed by atoms with van der Waals surface area (Å²) in [6, 6.07) is 13.2. The van der Waals surface area contributed by atoms with E-state index < -0.39 is 11.7 Å². The molecule has 0 unspecified atom stereocenters. The number of para-hydroxylation sites is 2. The first-order chi connectivity index (χ1) is 12.7. The van der Waals surface area contributed by atoms with Crippen molar-refractivity contribution in [3.8, 4) is 0 Å². The normalized spacial score (nSPS) is 14.4. The van der Waals surface area contributed by atoms with E-state index in [1.54, 1.807) is 12.1 Å². The average Bonchev–Trinajstić information content (AvgIpc) is 2.67. The van der Waals surface area contributed by atoms with E-state index >= 15 is 0 Å². The molecule has 1 N–H and O–H groups in total. The number of nitrogens with one attached hydrogen (secondary N) is 1. The van der Waals surface area contributed by atoms with Gasteiger partial charge in [-0.05, 0) is 30.3 Å². The molecule has 1 amide bonds. The van der Waals surface area contributed by atoms with Gasteiger partial charge in [-0.1, -0.05) is 18.2 Å². The Kier molecular flexibility index (Phi) is 4.45. The van der Waals surface area contributed by atoms with Crippen molar-refractivity contribution in [3.63, 3.8) is 0 Å². The van der Waals surface area contributed by atoms with Crippen LogP contribution in [0.3, 0.4) is 0 Å². The molecule has 7 heteroatoms. The Hall–Kier alpha value is -3.06. The minimum Gasteiger partial charge on any atom is -0.378 e. The second kappa shape index (κ2) is 7.05. The molecule has 2 heterocycles. The average molecular weight is 352 g/mol. The Morgan fingerprint density at radius 3 is 2.50 bits per heavy atom. The molecule has 6 nitrogen and oxygen atoms in total. The van der Waals surface area contributed by atoms with Gasteiger partial charge >= 0.3 is 0 Å². The van der Waals surface area contributed by atoms with Crippen molar-refractivity contribution in [3.05, 3.63) is 60.0 Å². The van der Waals surface area contributed by atoms with Crippen LogP contribution in [0, 0.1) is 5.82 Å². The number of anilines is 2. The molecule has 0 spiro atoms. The van der Waals surface area contributed by atoms with Gasteiger partial charge in [0.1, 0.15) is 5.82 Å². The molecule has 0 aliphatic carbocycles. The SMILES string of the molecule is O=C(Nc1cccc(F)c1)c1nc2ccccc2nc1N1CCOCC1. The number of ether oxygens (including phenoxy) is 1. The first kappa shape index (κ1) is 16.4. The standard InChI is InChI=1S/C19H17FN4O2/c20-13-4-3-5-14(12-13)21-19(25)17-18(24-8-10-26-11-9-24)23-16-7-2-1-6-15(16)22-17/h1-7,12H,8-11H2,(H,21,25). The van der Waals surface area contributed by atoms with Gasteiger partial charge in [-0.25, -0.2) is 14.4 Å². The highest BCUT2D eigenvalue weighted by Crippen LogP contribution is 2.23. The van der Waals surface area contributed by atoms with Crippen LogP contribution >= 0.6 is 0 Å². The van der Waals surface area contributed by atoms with Crippen molar-refractivity contribution >= 4 is 28.4 Å². The van der Waals surface area contributed by atoms with E-state index in [9.17, 15) is 9.18 Å². The fraction of sp³-hybridized carbons (Fsp3) is 0.211. The largest absolute Gasteiger partial charge is 0.378 e. The van der Waals surface area contributed by atoms with Crippen LogP contribution in [-0.2, 0) is 4.74 Å². The minimum atomic E-state index is -0.421. The predicted molar refractivity (Wildman–Crippen MR) is 96.9 cm³/mol. The van der Waals surface area contributed by atoms with Crippen LogP contribution in [0.2, 0.25) is 0 Å². The van der Waals surface area contributed by atoms with Gasteiger partial charge in [0.2, 0.25) is 0 Å². The van der Waals surface area contributed by atoms with Gasteiger partial charge in [0.25, 0.3) is 5.91 Å². The number of benzene rings is 2. The van der Waals surface area contributed by atoms with Crippen molar-refractivity contribution in [2.24, 2.45) is 0 Å². The first-order valence-corrected chi connectivity index (χ1v) is 8.37. The lowest BCUT2D eigenvalue weighted by Crippen LogP contribution is -2.38. The molecule has 1 aliphatic heterocycles. The zero-order valence-corrected chi connectivity index (χ0v) is 14.0. The molecule has 132 valence electrons. The highest BCUT2D eigenvalue weighted by molar-refractivity contribution is 6.07. The maximum absolute atomic E-state index is 13.4. The van der Waals surface area contributed by atoms with E-state index in [0.717, 1.165) is 5.52 Å². The number of carbonyl (C=O) groups is 1.